The largest absolute Gasteiger partial charge is 0.507 e. The first-order valence-electron chi connectivity index (χ1n) is 6.50. The van der Waals surface area contributed by atoms with Crippen LogP contribution in [0.15, 0.2) is 46.9 Å². The molecule has 0 bridgehead atoms. The van der Waals surface area contributed by atoms with E-state index in [4.69, 9.17) is 0 Å². The average Bonchev–Trinajstić information content (AvgIpc) is 2.50. The molecule has 0 spiro atoms. The summed E-state index contributed by atoms with van der Waals surface area (Å²) >= 11 is 3.19. The normalized spacial score (nSPS) is 14.0. The van der Waals surface area contributed by atoms with Crippen molar-refractivity contribution in [3.63, 3.8) is 0 Å². The number of nitrogens with zero attached hydrogens (tertiary/aromatic N) is 1. The molecule has 0 aromatic heterocycles. The number of aromatic hydroxyl groups is 1. The number of ketones is 1. The van der Waals surface area contributed by atoms with E-state index in [1.807, 2.05) is 0 Å². The monoisotopic (exact) mass is 345 g/mol. The first-order chi connectivity index (χ1) is 10.1. The predicted octanol–water partition coefficient (Wildman–Crippen LogP) is 3.39. The van der Waals surface area contributed by atoms with Gasteiger partial charge in [-0.1, -0.05) is 12.1 Å². The second kappa shape index (κ2) is 5.33. The lowest BCUT2D eigenvalue weighted by molar-refractivity contribution is 0.0955. The van der Waals surface area contributed by atoms with Gasteiger partial charge < -0.3 is 10.0 Å². The Kier molecular flexibility index (Phi) is 3.51. The fourth-order valence-electron chi connectivity index (χ4n) is 2.43. The molecule has 106 valence electrons. The smallest absolute Gasteiger partial charge is 0.258 e. The van der Waals surface area contributed by atoms with Crippen LogP contribution in [0.25, 0.3) is 0 Å². The first-order valence-corrected chi connectivity index (χ1v) is 7.30. The van der Waals surface area contributed by atoms with Crippen LogP contribution in [-0.4, -0.2) is 23.3 Å². The van der Waals surface area contributed by atoms with E-state index in [0.29, 0.717) is 34.3 Å². The van der Waals surface area contributed by atoms with Gasteiger partial charge in [-0.25, -0.2) is 0 Å². The maximum absolute atomic E-state index is 12.6. The molecule has 1 aliphatic rings. The maximum Gasteiger partial charge on any atom is 0.258 e. The van der Waals surface area contributed by atoms with Gasteiger partial charge in [0.1, 0.15) is 5.75 Å². The van der Waals surface area contributed by atoms with E-state index < -0.39 is 0 Å². The van der Waals surface area contributed by atoms with E-state index in [0.717, 1.165) is 0 Å². The number of hydrogen-bond acceptors (Lipinski definition) is 3. The van der Waals surface area contributed by atoms with E-state index in [1.165, 1.54) is 6.07 Å². The molecule has 0 radical (unpaired) electrons. The fraction of sp³-hybridized carbons (Fsp3) is 0.125. The molecule has 0 saturated heterocycles. The number of carbonyl (C=O) groups is 2. The minimum atomic E-state index is -0.224. The molecule has 3 rings (SSSR count). The standard InChI is InChI=1S/C16H12BrNO3/c17-12-6-5-10(9-15(12)20)16(21)18-8-7-14(19)11-3-1-2-4-13(11)18/h1-6,9,20H,7-8H2. The molecule has 1 N–H and O–H groups in total. The number of Topliss-reactive ketones (excluding diaryl/α,β-unsaturated/α-hetero) is 1. The molecule has 1 amide bonds. The maximum atomic E-state index is 12.6. The molecular formula is C16H12BrNO3. The number of hydrogen-bond donors (Lipinski definition) is 1. The van der Waals surface area contributed by atoms with Crippen molar-refractivity contribution in [3.05, 3.63) is 58.1 Å². The number of amides is 1. The Morgan fingerprint density at radius 3 is 2.71 bits per heavy atom. The second-order valence-electron chi connectivity index (χ2n) is 4.81. The van der Waals surface area contributed by atoms with Crippen LogP contribution in [0.2, 0.25) is 0 Å². The first kappa shape index (κ1) is 13.8. The molecule has 0 unspecified atom stereocenters. The Bertz CT molecular complexity index is 742. The summed E-state index contributed by atoms with van der Waals surface area (Å²) in [6.45, 7) is 0.353. The van der Waals surface area contributed by atoms with Gasteiger partial charge in [-0.05, 0) is 46.3 Å². The predicted molar refractivity (Wildman–Crippen MR) is 82.9 cm³/mol. The molecule has 2 aromatic carbocycles. The van der Waals surface area contributed by atoms with Crippen molar-refractivity contribution in [1.29, 1.82) is 0 Å². The van der Waals surface area contributed by atoms with Gasteiger partial charge in [0, 0.05) is 24.1 Å². The topological polar surface area (TPSA) is 57.6 Å². The van der Waals surface area contributed by atoms with E-state index in [1.54, 1.807) is 41.3 Å². The number of para-hydroxylation sites is 1. The van der Waals surface area contributed by atoms with Crippen LogP contribution in [0.3, 0.4) is 0 Å². The van der Waals surface area contributed by atoms with E-state index >= 15 is 0 Å². The third-order valence-corrected chi connectivity index (χ3v) is 4.17. The minimum Gasteiger partial charge on any atom is -0.507 e. The molecule has 2 aromatic rings. The number of rotatable bonds is 1. The van der Waals surface area contributed by atoms with Gasteiger partial charge in [0.05, 0.1) is 10.2 Å². The lowest BCUT2D eigenvalue weighted by atomic mass is 9.99. The summed E-state index contributed by atoms with van der Waals surface area (Å²) in [6.07, 6.45) is 0.311. The molecule has 5 heteroatoms. The Hall–Kier alpha value is -2.14. The lowest BCUT2D eigenvalue weighted by Gasteiger charge is -2.28. The van der Waals surface area contributed by atoms with Crippen molar-refractivity contribution in [1.82, 2.24) is 0 Å². The third kappa shape index (κ3) is 2.45. The SMILES string of the molecule is O=C1CCN(C(=O)c2ccc(Br)c(O)c2)c2ccccc21. The van der Waals surface area contributed by atoms with E-state index in [2.05, 4.69) is 15.9 Å². The van der Waals surface area contributed by atoms with Gasteiger partial charge in [-0.15, -0.1) is 0 Å². The zero-order chi connectivity index (χ0) is 15.0. The number of phenolic OH excluding ortho intramolecular Hbond substituents is 1. The molecule has 0 fully saturated rings. The van der Waals surface area contributed by atoms with Crippen LogP contribution in [0, 0.1) is 0 Å². The van der Waals surface area contributed by atoms with Gasteiger partial charge in [-0.3, -0.25) is 9.59 Å². The number of carbonyl (C=O) groups excluding carboxylic acids is 2. The zero-order valence-corrected chi connectivity index (χ0v) is 12.6. The Morgan fingerprint density at radius 1 is 1.19 bits per heavy atom. The molecule has 1 aliphatic heterocycles. The second-order valence-corrected chi connectivity index (χ2v) is 5.67. The van der Waals surface area contributed by atoms with Crippen LogP contribution in [0.4, 0.5) is 5.69 Å². The Morgan fingerprint density at radius 2 is 1.95 bits per heavy atom. The summed E-state index contributed by atoms with van der Waals surface area (Å²) < 4.78 is 0.535. The van der Waals surface area contributed by atoms with Crippen LogP contribution in [0.5, 0.6) is 5.75 Å². The lowest BCUT2D eigenvalue weighted by Crippen LogP contribution is -2.37. The average molecular weight is 346 g/mol. The molecule has 0 atom stereocenters. The van der Waals surface area contributed by atoms with Gasteiger partial charge in [-0.2, -0.15) is 0 Å². The van der Waals surface area contributed by atoms with Crippen molar-refractivity contribution in [2.45, 2.75) is 6.42 Å². The van der Waals surface area contributed by atoms with Crippen LogP contribution < -0.4 is 4.90 Å². The van der Waals surface area contributed by atoms with Crippen molar-refractivity contribution in [2.75, 3.05) is 11.4 Å². The third-order valence-electron chi connectivity index (χ3n) is 3.50. The number of fused-ring (bicyclic) bond motifs is 1. The number of halogens is 1. The molecule has 21 heavy (non-hydrogen) atoms. The number of anilines is 1. The van der Waals surface area contributed by atoms with Crippen molar-refractivity contribution in [2.24, 2.45) is 0 Å². The van der Waals surface area contributed by atoms with E-state index in [-0.39, 0.29) is 17.4 Å². The van der Waals surface area contributed by atoms with Gasteiger partial charge in [0.2, 0.25) is 0 Å². The molecule has 0 aliphatic carbocycles. The van der Waals surface area contributed by atoms with E-state index in [9.17, 15) is 14.7 Å². The summed E-state index contributed by atoms with van der Waals surface area (Å²) in [6, 6.07) is 11.8. The number of benzene rings is 2. The summed E-state index contributed by atoms with van der Waals surface area (Å²) in [4.78, 5) is 26.1. The summed E-state index contributed by atoms with van der Waals surface area (Å²) in [7, 11) is 0. The number of phenols is 1. The van der Waals surface area contributed by atoms with Gasteiger partial charge in [0.25, 0.3) is 5.91 Å². The highest BCUT2D eigenvalue weighted by atomic mass is 79.9. The van der Waals surface area contributed by atoms with Crippen molar-refractivity contribution in [3.8, 4) is 5.75 Å². The molecule has 0 saturated carbocycles. The van der Waals surface area contributed by atoms with Crippen molar-refractivity contribution < 1.29 is 14.7 Å². The molecular weight excluding hydrogens is 334 g/mol. The molecule has 1 heterocycles. The quantitative estimate of drug-likeness (QED) is 0.861. The highest BCUT2D eigenvalue weighted by molar-refractivity contribution is 9.10. The van der Waals surface area contributed by atoms with Crippen molar-refractivity contribution >= 4 is 33.3 Å². The summed E-state index contributed by atoms with van der Waals surface area (Å²) in [5.74, 6) is -0.159. The highest BCUT2D eigenvalue weighted by Crippen LogP contribution is 2.30. The van der Waals surface area contributed by atoms with Crippen LogP contribution in [-0.2, 0) is 0 Å². The summed E-state index contributed by atoms with van der Waals surface area (Å²) in [5, 5.41) is 9.71. The van der Waals surface area contributed by atoms with Gasteiger partial charge >= 0.3 is 0 Å². The van der Waals surface area contributed by atoms with Crippen LogP contribution in [0.1, 0.15) is 27.1 Å². The molecule has 4 nitrogen and oxygen atoms in total. The highest BCUT2D eigenvalue weighted by Gasteiger charge is 2.27. The Labute approximate surface area is 130 Å². The Balaban J connectivity index is 2.01. The van der Waals surface area contributed by atoms with Gasteiger partial charge in [0.15, 0.2) is 5.78 Å². The summed E-state index contributed by atoms with van der Waals surface area (Å²) in [5.41, 5.74) is 1.58. The zero-order valence-electron chi connectivity index (χ0n) is 11.0. The fourth-order valence-corrected chi connectivity index (χ4v) is 2.67. The van der Waals surface area contributed by atoms with Crippen LogP contribution >= 0.6 is 15.9 Å². The minimum absolute atomic E-state index is 0.0159.